The molecule has 1 amide bonds. The van der Waals surface area contributed by atoms with E-state index in [-0.39, 0.29) is 11.4 Å². The number of hydrogen-bond acceptors (Lipinski definition) is 5. The molecule has 2 N–H and O–H groups in total. The Morgan fingerprint density at radius 3 is 2.48 bits per heavy atom. The topological polar surface area (TPSA) is 82.8 Å². The van der Waals surface area contributed by atoms with E-state index in [1.807, 2.05) is 6.20 Å². The summed E-state index contributed by atoms with van der Waals surface area (Å²) in [6, 6.07) is 4.84. The zero-order valence-corrected chi connectivity index (χ0v) is 18.6. The number of aliphatic hydroxyl groups is 1. The molecule has 1 aliphatic rings. The first-order valence-electron chi connectivity index (χ1n) is 10.7. The molecule has 0 spiro atoms. The predicted molar refractivity (Wildman–Crippen MR) is 117 cm³/mol. The number of carbonyl (C=O) groups excluding carboxylic acids is 1. The summed E-state index contributed by atoms with van der Waals surface area (Å²) >= 11 is 0. The van der Waals surface area contributed by atoms with E-state index in [2.05, 4.69) is 22.2 Å². The van der Waals surface area contributed by atoms with Crippen molar-refractivity contribution in [1.82, 2.24) is 19.3 Å². The number of imidazole rings is 1. The van der Waals surface area contributed by atoms with Gasteiger partial charge in [0, 0.05) is 23.9 Å². The van der Waals surface area contributed by atoms with Crippen LogP contribution in [0.3, 0.4) is 0 Å². The Balaban J connectivity index is 1.68. The van der Waals surface area contributed by atoms with Gasteiger partial charge in [0.25, 0.3) is 5.91 Å². The first kappa shape index (κ1) is 23.2. The number of carbonyl (C=O) groups is 1. The van der Waals surface area contributed by atoms with Crippen molar-refractivity contribution in [2.24, 2.45) is 0 Å². The van der Waals surface area contributed by atoms with Gasteiger partial charge in [-0.1, -0.05) is 6.07 Å². The van der Waals surface area contributed by atoms with Crippen LogP contribution in [-0.4, -0.2) is 50.4 Å². The molecule has 4 heterocycles. The highest BCUT2D eigenvalue weighted by atomic mass is 19.4. The molecule has 0 unspecified atom stereocenters. The number of hydrogen-bond donors (Lipinski definition) is 2. The quantitative estimate of drug-likeness (QED) is 0.613. The number of pyridine rings is 2. The molecule has 0 atom stereocenters. The van der Waals surface area contributed by atoms with E-state index in [9.17, 15) is 23.1 Å². The van der Waals surface area contributed by atoms with Crippen LogP contribution in [0.2, 0.25) is 0 Å². The van der Waals surface area contributed by atoms with Crippen molar-refractivity contribution in [3.8, 4) is 0 Å². The molecule has 3 aromatic rings. The Kier molecular flexibility index (Phi) is 5.92. The van der Waals surface area contributed by atoms with Gasteiger partial charge in [-0.15, -0.1) is 0 Å². The molecule has 1 aliphatic heterocycles. The van der Waals surface area contributed by atoms with Crippen LogP contribution < -0.4 is 5.32 Å². The SMILES string of the molecule is CN1CCC(c2cn3cc(NC(=O)c4cccc(C(F)(F)F)n4)c(C(C)(C)O)cc3n2)CC1. The Labute approximate surface area is 189 Å². The average Bonchev–Trinajstić information content (AvgIpc) is 3.15. The third-order valence-electron chi connectivity index (χ3n) is 5.93. The Morgan fingerprint density at radius 1 is 1.15 bits per heavy atom. The lowest BCUT2D eigenvalue weighted by Gasteiger charge is -2.27. The minimum absolute atomic E-state index is 0.270. The Hall–Kier alpha value is -2.98. The number of piperidine rings is 1. The second kappa shape index (κ2) is 8.42. The highest BCUT2D eigenvalue weighted by Crippen LogP contribution is 2.32. The number of likely N-dealkylation sites (tertiary alicyclic amines) is 1. The minimum atomic E-state index is -4.66. The molecule has 1 fully saturated rings. The summed E-state index contributed by atoms with van der Waals surface area (Å²) in [5.41, 5.74) is -0.618. The summed E-state index contributed by atoms with van der Waals surface area (Å²) in [6.07, 6.45) is 0.846. The van der Waals surface area contributed by atoms with Crippen LogP contribution in [0.4, 0.5) is 18.9 Å². The van der Waals surface area contributed by atoms with Gasteiger partial charge in [-0.05, 0) is 65.0 Å². The second-order valence-corrected chi connectivity index (χ2v) is 9.03. The van der Waals surface area contributed by atoms with Crippen molar-refractivity contribution in [1.29, 1.82) is 0 Å². The molecular weight excluding hydrogens is 435 g/mol. The number of nitrogens with zero attached hydrogens (tertiary/aromatic N) is 4. The number of fused-ring (bicyclic) bond motifs is 1. The third-order valence-corrected chi connectivity index (χ3v) is 5.93. The molecule has 3 aromatic heterocycles. The highest BCUT2D eigenvalue weighted by Gasteiger charge is 2.33. The zero-order chi connectivity index (χ0) is 24.0. The van der Waals surface area contributed by atoms with Crippen molar-refractivity contribution in [3.63, 3.8) is 0 Å². The van der Waals surface area contributed by atoms with Gasteiger partial charge in [0.1, 0.15) is 17.0 Å². The predicted octanol–water partition coefficient (Wildman–Crippen LogP) is 4.04. The van der Waals surface area contributed by atoms with Crippen LogP contribution in [0.5, 0.6) is 0 Å². The van der Waals surface area contributed by atoms with Crippen molar-refractivity contribution in [2.45, 2.75) is 44.4 Å². The summed E-state index contributed by atoms with van der Waals surface area (Å²) in [5, 5.41) is 13.3. The molecule has 1 saturated heterocycles. The van der Waals surface area contributed by atoms with Gasteiger partial charge in [0.05, 0.1) is 17.0 Å². The average molecular weight is 461 g/mol. The van der Waals surface area contributed by atoms with Crippen molar-refractivity contribution >= 4 is 17.2 Å². The van der Waals surface area contributed by atoms with Crippen molar-refractivity contribution < 1.29 is 23.1 Å². The van der Waals surface area contributed by atoms with Crippen molar-refractivity contribution in [2.75, 3.05) is 25.5 Å². The molecule has 0 saturated carbocycles. The third kappa shape index (κ3) is 5.01. The number of rotatable bonds is 4. The summed E-state index contributed by atoms with van der Waals surface area (Å²) in [6.45, 7) is 5.10. The normalized spacial score (nSPS) is 16.3. The Morgan fingerprint density at radius 2 is 1.85 bits per heavy atom. The number of anilines is 1. The van der Waals surface area contributed by atoms with Crippen LogP contribution in [0.25, 0.3) is 5.65 Å². The number of aromatic nitrogens is 3. The largest absolute Gasteiger partial charge is 0.433 e. The maximum atomic E-state index is 13.0. The fraction of sp³-hybridized carbons (Fsp3) is 0.435. The summed E-state index contributed by atoms with van der Waals surface area (Å²) in [5.74, 6) is -0.486. The molecule has 7 nitrogen and oxygen atoms in total. The number of alkyl halides is 3. The van der Waals surface area contributed by atoms with E-state index in [1.54, 1.807) is 30.5 Å². The fourth-order valence-electron chi connectivity index (χ4n) is 4.07. The van der Waals surface area contributed by atoms with Gasteiger partial charge in [-0.3, -0.25) is 4.79 Å². The van der Waals surface area contributed by atoms with Gasteiger partial charge in [0.15, 0.2) is 0 Å². The van der Waals surface area contributed by atoms with Gasteiger partial charge < -0.3 is 19.7 Å². The fourth-order valence-corrected chi connectivity index (χ4v) is 4.07. The first-order valence-corrected chi connectivity index (χ1v) is 10.7. The van der Waals surface area contributed by atoms with E-state index in [0.29, 0.717) is 17.1 Å². The number of amides is 1. The minimum Gasteiger partial charge on any atom is -0.386 e. The van der Waals surface area contributed by atoms with E-state index >= 15 is 0 Å². The van der Waals surface area contributed by atoms with Crippen LogP contribution in [0.1, 0.15) is 60.0 Å². The smallest absolute Gasteiger partial charge is 0.386 e. The summed E-state index contributed by atoms with van der Waals surface area (Å²) in [4.78, 5) is 23.2. The lowest BCUT2D eigenvalue weighted by molar-refractivity contribution is -0.141. The van der Waals surface area contributed by atoms with E-state index in [0.717, 1.165) is 43.8 Å². The molecule has 10 heteroatoms. The molecular formula is C23H26F3N5O2. The lowest BCUT2D eigenvalue weighted by Crippen LogP contribution is -2.29. The molecule has 4 rings (SSSR count). The monoisotopic (exact) mass is 461 g/mol. The van der Waals surface area contributed by atoms with Crippen molar-refractivity contribution in [3.05, 3.63) is 59.3 Å². The van der Waals surface area contributed by atoms with Crippen LogP contribution in [0, 0.1) is 0 Å². The molecule has 176 valence electrons. The molecule has 33 heavy (non-hydrogen) atoms. The lowest BCUT2D eigenvalue weighted by atomic mass is 9.94. The van der Waals surface area contributed by atoms with Gasteiger partial charge >= 0.3 is 6.18 Å². The molecule has 0 aromatic carbocycles. The van der Waals surface area contributed by atoms with E-state index in [4.69, 9.17) is 4.98 Å². The van der Waals surface area contributed by atoms with Crippen LogP contribution in [-0.2, 0) is 11.8 Å². The van der Waals surface area contributed by atoms with E-state index in [1.165, 1.54) is 6.07 Å². The molecule has 0 bridgehead atoms. The summed E-state index contributed by atoms with van der Waals surface area (Å²) in [7, 11) is 2.09. The van der Waals surface area contributed by atoms with Crippen LogP contribution in [0.15, 0.2) is 36.7 Å². The van der Waals surface area contributed by atoms with Crippen LogP contribution >= 0.6 is 0 Å². The van der Waals surface area contributed by atoms with E-state index < -0.39 is 23.4 Å². The number of nitrogens with one attached hydrogen (secondary N) is 1. The maximum absolute atomic E-state index is 13.0. The highest BCUT2D eigenvalue weighted by molar-refractivity contribution is 6.03. The molecule has 0 radical (unpaired) electrons. The maximum Gasteiger partial charge on any atom is 0.433 e. The van der Waals surface area contributed by atoms with Gasteiger partial charge in [0.2, 0.25) is 0 Å². The standard InChI is InChI=1S/C23H26F3N5O2/c1-22(2,33)15-11-20-28-17(14-7-9-30(3)10-8-14)12-31(20)13-18(15)29-21(32)16-5-4-6-19(27-16)23(24,25)26/h4-6,11-14,33H,7-10H2,1-3H3,(H,29,32). The van der Waals surface area contributed by atoms with Gasteiger partial charge in [-0.2, -0.15) is 13.2 Å². The first-order chi connectivity index (χ1) is 15.4. The summed E-state index contributed by atoms with van der Waals surface area (Å²) < 4.78 is 40.7. The Bertz CT molecular complexity index is 1180. The zero-order valence-electron chi connectivity index (χ0n) is 18.6. The number of halogens is 3. The van der Waals surface area contributed by atoms with Gasteiger partial charge in [-0.25, -0.2) is 9.97 Å². The molecule has 0 aliphatic carbocycles. The second-order valence-electron chi connectivity index (χ2n) is 9.03.